The average Bonchev–Trinajstić information content (AvgIpc) is 1.67. The molecular weight excluding hydrogens is 108 g/mol. The van der Waals surface area contributed by atoms with Crippen LogP contribution in [-0.4, -0.2) is 21.4 Å². The van der Waals surface area contributed by atoms with Gasteiger partial charge in [0.05, 0.1) is 0 Å². The van der Waals surface area contributed by atoms with Crippen molar-refractivity contribution in [2.45, 2.75) is 25.9 Å². The van der Waals surface area contributed by atoms with E-state index in [1.807, 2.05) is 6.92 Å². The number of rotatable bonds is 3. The first-order valence-electron chi connectivity index (χ1n) is 2.61. The molecule has 0 aromatic rings. The molecule has 0 aromatic heterocycles. The van der Waals surface area contributed by atoms with Gasteiger partial charge in [0, 0.05) is 0 Å². The first-order valence-corrected chi connectivity index (χ1v) is 2.61. The second-order valence-corrected chi connectivity index (χ2v) is 1.66. The summed E-state index contributed by atoms with van der Waals surface area (Å²) in [5.41, 5.74) is 0. The predicted octanol–water partition coefficient (Wildman–Crippen LogP) is 0.382. The van der Waals surface area contributed by atoms with Gasteiger partial charge in [-0.25, -0.2) is 0 Å². The lowest BCUT2D eigenvalue weighted by molar-refractivity contribution is -0.0249. The summed E-state index contributed by atoms with van der Waals surface area (Å²) in [6.45, 7) is 1.85. The van der Waals surface area contributed by atoms with Crippen molar-refractivity contribution in [3.63, 3.8) is 0 Å². The Morgan fingerprint density at radius 2 is 2.00 bits per heavy atom. The molecule has 0 aliphatic rings. The molecule has 3 N–H and O–H groups in total. The van der Waals surface area contributed by atoms with Crippen molar-refractivity contribution in [2.24, 2.45) is 0 Å². The molecule has 0 saturated heterocycles. The standard InChI is InChI=1S/C5H11O3/c1-2-3-4(6)5(7)8/h4,6-8H,2-3H2,1H3. The Hall–Kier alpha value is -0.120. The third-order valence-corrected chi connectivity index (χ3v) is 0.860. The fourth-order valence-corrected chi connectivity index (χ4v) is 0.403. The van der Waals surface area contributed by atoms with Crippen LogP contribution in [0, 0.1) is 6.29 Å². The van der Waals surface area contributed by atoms with Crippen molar-refractivity contribution in [1.82, 2.24) is 0 Å². The van der Waals surface area contributed by atoms with Gasteiger partial charge in [0.15, 0.2) is 0 Å². The fourth-order valence-electron chi connectivity index (χ4n) is 0.403. The minimum atomic E-state index is -1.06. The summed E-state index contributed by atoms with van der Waals surface area (Å²) >= 11 is 0. The first-order chi connectivity index (χ1) is 3.68. The summed E-state index contributed by atoms with van der Waals surface area (Å²) < 4.78 is 0. The minimum Gasteiger partial charge on any atom is -0.387 e. The van der Waals surface area contributed by atoms with E-state index in [1.54, 1.807) is 0 Å². The van der Waals surface area contributed by atoms with Crippen LogP contribution in [0.25, 0.3) is 0 Å². The van der Waals surface area contributed by atoms with E-state index in [-0.39, 0.29) is 0 Å². The van der Waals surface area contributed by atoms with Crippen LogP contribution < -0.4 is 0 Å². The maximum atomic E-state index is 8.59. The molecular formula is C5H11O3. The van der Waals surface area contributed by atoms with E-state index in [0.29, 0.717) is 6.42 Å². The Morgan fingerprint density at radius 3 is 2.12 bits per heavy atom. The van der Waals surface area contributed by atoms with Crippen molar-refractivity contribution < 1.29 is 15.3 Å². The lowest BCUT2D eigenvalue weighted by atomic mass is 10.2. The van der Waals surface area contributed by atoms with Gasteiger partial charge in [-0.3, -0.25) is 0 Å². The van der Waals surface area contributed by atoms with Gasteiger partial charge in [-0.05, 0) is 6.42 Å². The molecule has 0 fully saturated rings. The van der Waals surface area contributed by atoms with Gasteiger partial charge in [0.25, 0.3) is 0 Å². The lowest BCUT2D eigenvalue weighted by Crippen LogP contribution is -2.16. The molecule has 8 heavy (non-hydrogen) atoms. The molecule has 3 heteroatoms. The quantitative estimate of drug-likeness (QED) is 0.503. The topological polar surface area (TPSA) is 60.7 Å². The number of hydrogen-bond donors (Lipinski definition) is 3. The third-order valence-electron chi connectivity index (χ3n) is 0.860. The third kappa shape index (κ3) is 2.96. The van der Waals surface area contributed by atoms with E-state index >= 15 is 0 Å². The van der Waals surface area contributed by atoms with E-state index in [2.05, 4.69) is 0 Å². The van der Waals surface area contributed by atoms with Gasteiger partial charge in [0.1, 0.15) is 6.10 Å². The summed E-state index contributed by atoms with van der Waals surface area (Å²) in [5.74, 6) is 0. The lowest BCUT2D eigenvalue weighted by Gasteiger charge is -2.07. The van der Waals surface area contributed by atoms with Gasteiger partial charge in [-0.2, -0.15) is 0 Å². The molecule has 0 saturated carbocycles. The molecule has 0 spiro atoms. The molecule has 49 valence electrons. The molecule has 0 aliphatic carbocycles. The first kappa shape index (κ1) is 7.88. The summed E-state index contributed by atoms with van der Waals surface area (Å²) in [6.07, 6.45) is -0.791. The van der Waals surface area contributed by atoms with Crippen LogP contribution in [-0.2, 0) is 0 Å². The van der Waals surface area contributed by atoms with Gasteiger partial charge >= 0.3 is 0 Å². The largest absolute Gasteiger partial charge is 0.387 e. The Balaban J connectivity index is 3.17. The highest BCUT2D eigenvalue weighted by atomic mass is 16.5. The zero-order valence-electron chi connectivity index (χ0n) is 4.83. The molecule has 0 heterocycles. The predicted molar refractivity (Wildman–Crippen MR) is 28.0 cm³/mol. The fraction of sp³-hybridized carbons (Fsp3) is 0.800. The molecule has 1 unspecified atom stereocenters. The number of aliphatic hydroxyl groups is 3. The monoisotopic (exact) mass is 119 g/mol. The van der Waals surface area contributed by atoms with Crippen LogP contribution in [0.2, 0.25) is 0 Å². The molecule has 0 amide bonds. The van der Waals surface area contributed by atoms with E-state index in [0.717, 1.165) is 6.42 Å². The SMILES string of the molecule is CCCC(O)[C](O)O. The molecule has 1 radical (unpaired) electrons. The van der Waals surface area contributed by atoms with Crippen molar-refractivity contribution in [2.75, 3.05) is 0 Å². The minimum absolute atomic E-state index is 0.405. The van der Waals surface area contributed by atoms with E-state index in [1.165, 1.54) is 0 Å². The summed E-state index contributed by atoms with van der Waals surface area (Å²) in [6, 6.07) is 0. The highest BCUT2D eigenvalue weighted by Crippen LogP contribution is 2.03. The van der Waals surface area contributed by atoms with E-state index in [4.69, 9.17) is 15.3 Å². The summed E-state index contributed by atoms with van der Waals surface area (Å²) in [4.78, 5) is 0. The highest BCUT2D eigenvalue weighted by Gasteiger charge is 2.11. The van der Waals surface area contributed by atoms with Gasteiger partial charge in [0.2, 0.25) is 6.29 Å². The Kier molecular flexibility index (Phi) is 3.77. The van der Waals surface area contributed by atoms with Crippen molar-refractivity contribution in [3.05, 3.63) is 6.29 Å². The van der Waals surface area contributed by atoms with Gasteiger partial charge in [-0.1, -0.05) is 13.3 Å². The van der Waals surface area contributed by atoms with Crippen LogP contribution in [0.4, 0.5) is 0 Å². The molecule has 0 bridgehead atoms. The average molecular weight is 119 g/mol. The second kappa shape index (κ2) is 3.83. The van der Waals surface area contributed by atoms with Crippen molar-refractivity contribution in [3.8, 4) is 0 Å². The maximum absolute atomic E-state index is 8.59. The zero-order valence-corrected chi connectivity index (χ0v) is 4.83. The summed E-state index contributed by atoms with van der Waals surface area (Å²) in [5, 5.41) is 24.9. The Labute approximate surface area is 48.6 Å². The van der Waals surface area contributed by atoms with Crippen molar-refractivity contribution in [1.29, 1.82) is 0 Å². The van der Waals surface area contributed by atoms with Crippen LogP contribution >= 0.6 is 0 Å². The molecule has 0 aromatic carbocycles. The molecule has 3 nitrogen and oxygen atoms in total. The van der Waals surface area contributed by atoms with Crippen LogP contribution in [0.3, 0.4) is 0 Å². The molecule has 0 aliphatic heterocycles. The normalized spacial score (nSPS) is 14.6. The second-order valence-electron chi connectivity index (χ2n) is 1.66. The number of hydrogen-bond acceptors (Lipinski definition) is 3. The van der Waals surface area contributed by atoms with Crippen molar-refractivity contribution >= 4 is 0 Å². The van der Waals surface area contributed by atoms with Gasteiger partial charge < -0.3 is 15.3 Å². The van der Waals surface area contributed by atoms with Gasteiger partial charge in [-0.15, -0.1) is 0 Å². The maximum Gasteiger partial charge on any atom is 0.248 e. The Bertz CT molecular complexity index is 53.6. The van der Waals surface area contributed by atoms with Crippen LogP contribution in [0.15, 0.2) is 0 Å². The van der Waals surface area contributed by atoms with Crippen LogP contribution in [0.5, 0.6) is 0 Å². The van der Waals surface area contributed by atoms with E-state index < -0.39 is 12.4 Å². The Morgan fingerprint density at radius 1 is 1.50 bits per heavy atom. The molecule has 1 atom stereocenters. The van der Waals surface area contributed by atoms with E-state index in [9.17, 15) is 0 Å². The number of aliphatic hydroxyl groups excluding tert-OH is 2. The summed E-state index contributed by atoms with van der Waals surface area (Å²) in [7, 11) is 0. The molecule has 0 rings (SSSR count). The zero-order chi connectivity index (χ0) is 6.57. The highest BCUT2D eigenvalue weighted by molar-refractivity contribution is 4.69. The smallest absolute Gasteiger partial charge is 0.248 e. The van der Waals surface area contributed by atoms with Crippen LogP contribution in [0.1, 0.15) is 19.8 Å².